The van der Waals surface area contributed by atoms with Crippen LogP contribution in [0.1, 0.15) is 44.2 Å². The minimum Gasteiger partial charge on any atom is -0.355 e. The standard InChI is InChI=1S/C17H28N2O/c1-4-5-8-12-19-17(20)15(3)18-13-11-16-10-7-6-9-14(16)2/h6-7,9-10,15,18H,4-5,8,11-13H2,1-3H3,(H,19,20). The van der Waals surface area contributed by atoms with Gasteiger partial charge < -0.3 is 10.6 Å². The Morgan fingerprint density at radius 2 is 1.95 bits per heavy atom. The van der Waals surface area contributed by atoms with Crippen molar-refractivity contribution in [1.29, 1.82) is 0 Å². The molecule has 0 aliphatic rings. The summed E-state index contributed by atoms with van der Waals surface area (Å²) >= 11 is 0. The summed E-state index contributed by atoms with van der Waals surface area (Å²) in [6.45, 7) is 7.83. The Morgan fingerprint density at radius 3 is 2.65 bits per heavy atom. The van der Waals surface area contributed by atoms with Crippen LogP contribution in [0, 0.1) is 6.92 Å². The number of rotatable bonds is 9. The summed E-state index contributed by atoms with van der Waals surface area (Å²) < 4.78 is 0. The van der Waals surface area contributed by atoms with E-state index in [-0.39, 0.29) is 11.9 Å². The topological polar surface area (TPSA) is 41.1 Å². The third-order valence-electron chi connectivity index (χ3n) is 3.58. The summed E-state index contributed by atoms with van der Waals surface area (Å²) in [5.74, 6) is 0.103. The van der Waals surface area contributed by atoms with E-state index < -0.39 is 0 Å². The molecular formula is C17H28N2O. The Morgan fingerprint density at radius 1 is 1.20 bits per heavy atom. The molecule has 0 spiro atoms. The second-order valence-electron chi connectivity index (χ2n) is 5.35. The van der Waals surface area contributed by atoms with Gasteiger partial charge in [-0.3, -0.25) is 4.79 Å². The Balaban J connectivity index is 2.20. The van der Waals surface area contributed by atoms with Crippen molar-refractivity contribution in [3.63, 3.8) is 0 Å². The van der Waals surface area contributed by atoms with Gasteiger partial charge in [0, 0.05) is 6.54 Å². The fourth-order valence-electron chi connectivity index (χ4n) is 2.15. The molecule has 1 unspecified atom stereocenters. The van der Waals surface area contributed by atoms with Crippen molar-refractivity contribution in [2.24, 2.45) is 0 Å². The van der Waals surface area contributed by atoms with Gasteiger partial charge in [-0.15, -0.1) is 0 Å². The number of benzene rings is 1. The summed E-state index contributed by atoms with van der Waals surface area (Å²) in [4.78, 5) is 11.8. The average Bonchev–Trinajstić information content (AvgIpc) is 2.45. The number of nitrogens with one attached hydrogen (secondary N) is 2. The molecule has 0 saturated heterocycles. The second kappa shape index (κ2) is 9.54. The van der Waals surface area contributed by atoms with Gasteiger partial charge in [-0.1, -0.05) is 44.0 Å². The number of unbranched alkanes of at least 4 members (excludes halogenated alkanes) is 2. The van der Waals surface area contributed by atoms with E-state index in [0.29, 0.717) is 0 Å². The number of carbonyl (C=O) groups excluding carboxylic acids is 1. The molecule has 3 nitrogen and oxygen atoms in total. The van der Waals surface area contributed by atoms with Gasteiger partial charge >= 0.3 is 0 Å². The van der Waals surface area contributed by atoms with Gasteiger partial charge in [0.15, 0.2) is 0 Å². The van der Waals surface area contributed by atoms with Crippen molar-refractivity contribution < 1.29 is 4.79 Å². The molecule has 1 rings (SSSR count). The first-order valence-electron chi connectivity index (χ1n) is 7.70. The number of aryl methyl sites for hydroxylation is 1. The molecule has 0 saturated carbocycles. The number of amides is 1. The third kappa shape index (κ3) is 6.20. The Labute approximate surface area is 123 Å². The first-order chi connectivity index (χ1) is 9.65. The minimum atomic E-state index is -0.124. The van der Waals surface area contributed by atoms with Crippen LogP contribution < -0.4 is 10.6 Å². The fraction of sp³-hybridized carbons (Fsp3) is 0.588. The highest BCUT2D eigenvalue weighted by atomic mass is 16.2. The van der Waals surface area contributed by atoms with E-state index in [4.69, 9.17) is 0 Å². The second-order valence-corrected chi connectivity index (χ2v) is 5.35. The number of hydrogen-bond donors (Lipinski definition) is 2. The van der Waals surface area contributed by atoms with Gasteiger partial charge in [0.1, 0.15) is 0 Å². The van der Waals surface area contributed by atoms with Crippen LogP contribution in [0.15, 0.2) is 24.3 Å². The lowest BCUT2D eigenvalue weighted by molar-refractivity contribution is -0.122. The molecule has 1 aromatic rings. The zero-order valence-electron chi connectivity index (χ0n) is 13.0. The van der Waals surface area contributed by atoms with E-state index in [2.05, 4.69) is 48.7 Å². The van der Waals surface area contributed by atoms with Crippen LogP contribution >= 0.6 is 0 Å². The number of carbonyl (C=O) groups is 1. The van der Waals surface area contributed by atoms with Crippen molar-refractivity contribution in [1.82, 2.24) is 10.6 Å². The van der Waals surface area contributed by atoms with Gasteiger partial charge in [0.25, 0.3) is 0 Å². The summed E-state index contributed by atoms with van der Waals surface area (Å²) in [5.41, 5.74) is 2.65. The maximum absolute atomic E-state index is 11.8. The van der Waals surface area contributed by atoms with Crippen LogP contribution in [0.3, 0.4) is 0 Å². The molecule has 1 aromatic carbocycles. The van der Waals surface area contributed by atoms with Crippen LogP contribution in [-0.2, 0) is 11.2 Å². The van der Waals surface area contributed by atoms with Gasteiger partial charge in [-0.25, -0.2) is 0 Å². The van der Waals surface area contributed by atoms with Gasteiger partial charge in [0.05, 0.1) is 6.04 Å². The summed E-state index contributed by atoms with van der Waals surface area (Å²) in [7, 11) is 0. The van der Waals surface area contributed by atoms with Crippen molar-refractivity contribution >= 4 is 5.91 Å². The lowest BCUT2D eigenvalue weighted by Gasteiger charge is -2.14. The molecule has 0 aliphatic heterocycles. The quantitative estimate of drug-likeness (QED) is 0.681. The van der Waals surface area contributed by atoms with E-state index in [9.17, 15) is 4.79 Å². The molecule has 0 fully saturated rings. The molecule has 112 valence electrons. The maximum Gasteiger partial charge on any atom is 0.236 e. The molecule has 0 aliphatic carbocycles. The predicted octanol–water partition coefficient (Wildman–Crippen LogP) is 2.82. The van der Waals surface area contributed by atoms with E-state index in [1.54, 1.807) is 0 Å². The maximum atomic E-state index is 11.8. The van der Waals surface area contributed by atoms with E-state index in [1.807, 2.05) is 6.92 Å². The van der Waals surface area contributed by atoms with E-state index >= 15 is 0 Å². The summed E-state index contributed by atoms with van der Waals surface area (Å²) in [6.07, 6.45) is 4.38. The molecule has 20 heavy (non-hydrogen) atoms. The summed E-state index contributed by atoms with van der Waals surface area (Å²) in [6, 6.07) is 8.26. The van der Waals surface area contributed by atoms with Crippen LogP contribution in [0.4, 0.5) is 0 Å². The van der Waals surface area contributed by atoms with Crippen LogP contribution in [0.5, 0.6) is 0 Å². The van der Waals surface area contributed by atoms with Crippen molar-refractivity contribution in [3.05, 3.63) is 35.4 Å². The summed E-state index contributed by atoms with van der Waals surface area (Å²) in [5, 5.41) is 6.26. The highest BCUT2D eigenvalue weighted by Gasteiger charge is 2.10. The highest BCUT2D eigenvalue weighted by molar-refractivity contribution is 5.81. The first-order valence-corrected chi connectivity index (χ1v) is 7.70. The Hall–Kier alpha value is -1.35. The molecule has 1 atom stereocenters. The smallest absolute Gasteiger partial charge is 0.236 e. The molecule has 0 bridgehead atoms. The van der Waals surface area contributed by atoms with Crippen molar-refractivity contribution in [2.45, 2.75) is 52.5 Å². The number of hydrogen-bond acceptors (Lipinski definition) is 2. The van der Waals surface area contributed by atoms with E-state index in [0.717, 1.165) is 25.9 Å². The lowest BCUT2D eigenvalue weighted by atomic mass is 10.1. The average molecular weight is 276 g/mol. The Kier molecular flexibility index (Phi) is 7.97. The van der Waals surface area contributed by atoms with Crippen molar-refractivity contribution in [2.75, 3.05) is 13.1 Å². The zero-order chi connectivity index (χ0) is 14.8. The Bertz CT molecular complexity index is 404. The minimum absolute atomic E-state index is 0.103. The van der Waals surface area contributed by atoms with Crippen LogP contribution in [0.25, 0.3) is 0 Å². The monoisotopic (exact) mass is 276 g/mol. The van der Waals surface area contributed by atoms with Gasteiger partial charge in [-0.05, 0) is 44.4 Å². The first kappa shape index (κ1) is 16.7. The fourth-order valence-corrected chi connectivity index (χ4v) is 2.15. The van der Waals surface area contributed by atoms with Gasteiger partial charge in [-0.2, -0.15) is 0 Å². The zero-order valence-corrected chi connectivity index (χ0v) is 13.0. The van der Waals surface area contributed by atoms with Crippen molar-refractivity contribution in [3.8, 4) is 0 Å². The molecule has 3 heteroatoms. The SMILES string of the molecule is CCCCCNC(=O)C(C)NCCc1ccccc1C. The van der Waals surface area contributed by atoms with Crippen LogP contribution in [0.2, 0.25) is 0 Å². The third-order valence-corrected chi connectivity index (χ3v) is 3.58. The molecule has 2 N–H and O–H groups in total. The van der Waals surface area contributed by atoms with Crippen LogP contribution in [-0.4, -0.2) is 25.0 Å². The molecule has 0 heterocycles. The van der Waals surface area contributed by atoms with Gasteiger partial charge in [0.2, 0.25) is 5.91 Å². The largest absolute Gasteiger partial charge is 0.355 e. The molecular weight excluding hydrogens is 248 g/mol. The molecule has 0 aromatic heterocycles. The van der Waals surface area contributed by atoms with E-state index in [1.165, 1.54) is 24.0 Å². The highest BCUT2D eigenvalue weighted by Crippen LogP contribution is 2.06. The normalized spacial score (nSPS) is 12.2. The lowest BCUT2D eigenvalue weighted by Crippen LogP contribution is -2.43. The molecule has 0 radical (unpaired) electrons. The molecule has 1 amide bonds. The predicted molar refractivity (Wildman–Crippen MR) is 84.9 cm³/mol.